The van der Waals surface area contributed by atoms with Crippen LogP contribution in [0.2, 0.25) is 12.6 Å². The Morgan fingerprint density at radius 3 is 3.00 bits per heavy atom. The van der Waals surface area contributed by atoms with Gasteiger partial charge in [0, 0.05) is 30.2 Å². The fourth-order valence-corrected chi connectivity index (χ4v) is 4.78. The molecule has 4 rings (SSSR count). The van der Waals surface area contributed by atoms with Crippen LogP contribution in [-0.4, -0.2) is 42.6 Å². The maximum atomic E-state index is 14.7. The van der Waals surface area contributed by atoms with Crippen LogP contribution in [0.1, 0.15) is 38.6 Å². The molecule has 2 aromatic rings. The van der Waals surface area contributed by atoms with Gasteiger partial charge >= 0.3 is 5.97 Å². The SMILES string of the molecule is CCOC(=O)CCNc1cc2ccn(C3COC4(CCB(C#N)CC4)C3)c2cc1F. The van der Waals surface area contributed by atoms with Gasteiger partial charge in [-0.15, -0.1) is 0 Å². The van der Waals surface area contributed by atoms with Crippen LogP contribution in [0.4, 0.5) is 10.1 Å². The van der Waals surface area contributed by atoms with Crippen molar-refractivity contribution in [3.8, 4) is 5.97 Å². The molecule has 0 bridgehead atoms. The monoisotopic (exact) mass is 411 g/mol. The van der Waals surface area contributed by atoms with Crippen LogP contribution in [0.3, 0.4) is 0 Å². The van der Waals surface area contributed by atoms with Crippen molar-refractivity contribution in [3.05, 3.63) is 30.2 Å². The van der Waals surface area contributed by atoms with E-state index in [0.717, 1.165) is 42.8 Å². The van der Waals surface area contributed by atoms with Gasteiger partial charge in [-0.2, -0.15) is 0 Å². The number of esters is 1. The number of nitrogens with zero attached hydrogens (tertiary/aromatic N) is 2. The summed E-state index contributed by atoms with van der Waals surface area (Å²) in [6.45, 7) is 3.19. The standard InChI is InChI=1S/C22H27BFN3O3/c1-2-29-21(28)3-9-26-19-11-16-4-10-27(20(16)12-18(19)24)17-13-22(30-14-17)5-7-23(15-25)8-6-22/h4,10-12,17,26H,2-3,5-9,13-14H2,1H3. The normalized spacial score (nSPS) is 20.4. The number of fused-ring (bicyclic) bond motifs is 1. The van der Waals surface area contributed by atoms with Gasteiger partial charge < -0.3 is 19.4 Å². The highest BCUT2D eigenvalue weighted by molar-refractivity contribution is 6.67. The molecule has 0 radical (unpaired) electrons. The van der Waals surface area contributed by atoms with Gasteiger partial charge in [-0.05, 0) is 38.3 Å². The average Bonchev–Trinajstić information content (AvgIpc) is 3.33. The lowest BCUT2D eigenvalue weighted by molar-refractivity contribution is -0.142. The maximum Gasteiger partial charge on any atom is 0.307 e. The largest absolute Gasteiger partial charge is 0.466 e. The second kappa shape index (κ2) is 8.69. The minimum Gasteiger partial charge on any atom is -0.466 e. The molecule has 158 valence electrons. The van der Waals surface area contributed by atoms with E-state index in [1.54, 1.807) is 19.1 Å². The molecule has 1 spiro atoms. The van der Waals surface area contributed by atoms with Crippen LogP contribution in [0, 0.1) is 17.0 Å². The number of carbonyl (C=O) groups is 1. The Bertz CT molecular complexity index is 962. The second-order valence-electron chi connectivity index (χ2n) is 8.35. The van der Waals surface area contributed by atoms with Crippen molar-refractivity contribution in [1.29, 1.82) is 5.26 Å². The van der Waals surface area contributed by atoms with Gasteiger partial charge in [0.2, 0.25) is 0 Å². The lowest BCUT2D eigenvalue weighted by Crippen LogP contribution is -2.35. The Hall–Kier alpha value is -2.53. The van der Waals surface area contributed by atoms with Gasteiger partial charge in [0.1, 0.15) is 5.82 Å². The summed E-state index contributed by atoms with van der Waals surface area (Å²) in [6.07, 6.45) is 6.72. The number of hydrogen-bond donors (Lipinski definition) is 1. The smallest absolute Gasteiger partial charge is 0.307 e. The predicted molar refractivity (Wildman–Crippen MR) is 114 cm³/mol. The van der Waals surface area contributed by atoms with Crippen molar-refractivity contribution >= 4 is 29.3 Å². The summed E-state index contributed by atoms with van der Waals surface area (Å²) in [5.41, 5.74) is 1.10. The molecule has 1 aromatic heterocycles. The van der Waals surface area contributed by atoms with E-state index in [9.17, 15) is 9.18 Å². The fraction of sp³-hybridized carbons (Fsp3) is 0.545. The Morgan fingerprint density at radius 2 is 2.27 bits per heavy atom. The zero-order valence-corrected chi connectivity index (χ0v) is 17.3. The van der Waals surface area contributed by atoms with E-state index in [1.165, 1.54) is 0 Å². The summed E-state index contributed by atoms with van der Waals surface area (Å²) in [7, 11) is 0. The van der Waals surface area contributed by atoms with Crippen molar-refractivity contribution in [1.82, 2.24) is 4.57 Å². The first-order valence-electron chi connectivity index (χ1n) is 10.8. The minimum atomic E-state index is -0.338. The van der Waals surface area contributed by atoms with Gasteiger partial charge in [-0.3, -0.25) is 4.79 Å². The van der Waals surface area contributed by atoms with Crippen molar-refractivity contribution in [3.63, 3.8) is 0 Å². The molecule has 2 saturated heterocycles. The van der Waals surface area contributed by atoms with E-state index in [2.05, 4.69) is 15.9 Å². The number of halogens is 1. The third-order valence-corrected chi connectivity index (χ3v) is 6.42. The molecule has 8 heteroatoms. The van der Waals surface area contributed by atoms with Crippen molar-refractivity contribution in [2.45, 2.75) is 56.9 Å². The van der Waals surface area contributed by atoms with Gasteiger partial charge in [-0.1, -0.05) is 12.6 Å². The molecule has 6 nitrogen and oxygen atoms in total. The highest BCUT2D eigenvalue weighted by Gasteiger charge is 2.44. The molecular formula is C22H27BFN3O3. The van der Waals surface area contributed by atoms with Crippen LogP contribution in [0.15, 0.2) is 24.4 Å². The van der Waals surface area contributed by atoms with E-state index >= 15 is 0 Å². The molecule has 1 aromatic carbocycles. The number of carbonyl (C=O) groups excluding carboxylic acids is 1. The van der Waals surface area contributed by atoms with Gasteiger partial charge in [0.15, 0.2) is 0 Å². The first kappa shape index (κ1) is 20.7. The van der Waals surface area contributed by atoms with E-state index in [1.807, 2.05) is 12.3 Å². The van der Waals surface area contributed by atoms with Gasteiger partial charge in [0.05, 0.1) is 42.5 Å². The summed E-state index contributed by atoms with van der Waals surface area (Å²) in [5, 5.41) is 13.1. The number of hydrogen-bond acceptors (Lipinski definition) is 5. The molecule has 0 aliphatic carbocycles. The molecule has 30 heavy (non-hydrogen) atoms. The van der Waals surface area contributed by atoms with Crippen LogP contribution in [0.5, 0.6) is 0 Å². The topological polar surface area (TPSA) is 76.3 Å². The Labute approximate surface area is 176 Å². The molecule has 0 saturated carbocycles. The summed E-state index contributed by atoms with van der Waals surface area (Å²) in [6, 6.07) is 5.50. The number of nitriles is 1. The number of benzene rings is 1. The van der Waals surface area contributed by atoms with Gasteiger partial charge in [-0.25, -0.2) is 9.65 Å². The number of nitrogens with one attached hydrogen (secondary N) is 1. The van der Waals surface area contributed by atoms with Crippen LogP contribution >= 0.6 is 0 Å². The number of ether oxygens (including phenoxy) is 2. The predicted octanol–water partition coefficient (Wildman–Crippen LogP) is 4.20. The summed E-state index contributed by atoms with van der Waals surface area (Å²) in [4.78, 5) is 11.5. The van der Waals surface area contributed by atoms with Crippen LogP contribution in [0.25, 0.3) is 10.9 Å². The molecule has 1 atom stereocenters. The zero-order chi connectivity index (χ0) is 21.1. The third-order valence-electron chi connectivity index (χ3n) is 6.42. The first-order chi connectivity index (χ1) is 14.5. The molecule has 2 fully saturated rings. The number of rotatable bonds is 6. The lowest BCUT2D eigenvalue weighted by Gasteiger charge is -2.33. The molecule has 3 heterocycles. The summed E-state index contributed by atoms with van der Waals surface area (Å²) in [5.74, 6) is 1.74. The lowest BCUT2D eigenvalue weighted by atomic mass is 9.41. The quantitative estimate of drug-likeness (QED) is 0.570. The maximum absolute atomic E-state index is 14.7. The van der Waals surface area contributed by atoms with Crippen molar-refractivity contribution < 1.29 is 18.7 Å². The summed E-state index contributed by atoms with van der Waals surface area (Å²) < 4.78 is 28.0. The third kappa shape index (κ3) is 4.17. The van der Waals surface area contributed by atoms with Gasteiger partial charge in [0.25, 0.3) is 6.71 Å². The van der Waals surface area contributed by atoms with E-state index < -0.39 is 0 Å². The van der Waals surface area contributed by atoms with Crippen LogP contribution in [-0.2, 0) is 14.3 Å². The molecule has 1 unspecified atom stereocenters. The molecule has 2 aliphatic heterocycles. The average molecular weight is 411 g/mol. The molecule has 2 aliphatic rings. The van der Waals surface area contributed by atoms with E-state index in [4.69, 9.17) is 14.7 Å². The highest BCUT2D eigenvalue weighted by atomic mass is 19.1. The zero-order valence-electron chi connectivity index (χ0n) is 17.3. The van der Waals surface area contributed by atoms with Crippen LogP contribution < -0.4 is 5.32 Å². The fourth-order valence-electron chi connectivity index (χ4n) is 4.78. The minimum absolute atomic E-state index is 0.137. The molecule has 1 N–H and O–H groups in total. The Kier molecular flexibility index (Phi) is 6.00. The second-order valence-corrected chi connectivity index (χ2v) is 8.35. The summed E-state index contributed by atoms with van der Waals surface area (Å²) >= 11 is 0. The van der Waals surface area contributed by atoms with Crippen molar-refractivity contribution in [2.75, 3.05) is 25.1 Å². The molecule has 0 amide bonds. The molecular weight excluding hydrogens is 384 g/mol. The van der Waals surface area contributed by atoms with E-state index in [0.29, 0.717) is 25.4 Å². The Balaban J connectivity index is 1.44. The Morgan fingerprint density at radius 1 is 1.47 bits per heavy atom. The first-order valence-corrected chi connectivity index (χ1v) is 10.8. The van der Waals surface area contributed by atoms with E-state index in [-0.39, 0.29) is 36.6 Å². The number of aromatic nitrogens is 1. The number of anilines is 1. The highest BCUT2D eigenvalue weighted by Crippen LogP contribution is 2.44. The van der Waals surface area contributed by atoms with Crippen molar-refractivity contribution in [2.24, 2.45) is 0 Å².